The van der Waals surface area contributed by atoms with Crippen molar-refractivity contribution in [3.05, 3.63) is 17.7 Å². The summed E-state index contributed by atoms with van der Waals surface area (Å²) >= 11 is 0. The first-order valence-electron chi connectivity index (χ1n) is 8.06. The molecule has 22 heavy (non-hydrogen) atoms. The summed E-state index contributed by atoms with van der Waals surface area (Å²) in [6.45, 7) is 5.44. The van der Waals surface area contributed by atoms with E-state index >= 15 is 0 Å². The van der Waals surface area contributed by atoms with Crippen molar-refractivity contribution in [3.63, 3.8) is 0 Å². The van der Waals surface area contributed by atoms with Crippen LogP contribution in [0.25, 0.3) is 0 Å². The largest absolute Gasteiger partial charge is 0.493 e. The molecule has 0 aromatic heterocycles. The van der Waals surface area contributed by atoms with Crippen LogP contribution in [0.2, 0.25) is 0 Å². The van der Waals surface area contributed by atoms with Gasteiger partial charge in [0.1, 0.15) is 0 Å². The Labute approximate surface area is 134 Å². The van der Waals surface area contributed by atoms with Crippen LogP contribution in [-0.2, 0) is 6.54 Å². The Hall–Kier alpha value is -1.42. The standard InChI is InChI=1S/C18H29NO3/c1-13-8-10-18(2,11-9-13)19-12-14-6-7-15(20-3)17(22-5)16(14)21-4/h6-7,13,19H,8-12H2,1-5H3. The van der Waals surface area contributed by atoms with Crippen molar-refractivity contribution >= 4 is 0 Å². The van der Waals surface area contributed by atoms with Gasteiger partial charge in [-0.1, -0.05) is 13.0 Å². The first-order valence-corrected chi connectivity index (χ1v) is 8.06. The molecule has 0 atom stereocenters. The van der Waals surface area contributed by atoms with E-state index < -0.39 is 0 Å². The summed E-state index contributed by atoms with van der Waals surface area (Å²) in [6.07, 6.45) is 5.05. The SMILES string of the molecule is COc1ccc(CNC2(C)CCC(C)CC2)c(OC)c1OC. The summed E-state index contributed by atoms with van der Waals surface area (Å²) in [7, 11) is 4.95. The summed E-state index contributed by atoms with van der Waals surface area (Å²) in [6, 6.07) is 3.98. The monoisotopic (exact) mass is 307 g/mol. The molecule has 124 valence electrons. The lowest BCUT2D eigenvalue weighted by molar-refractivity contribution is 0.211. The highest BCUT2D eigenvalue weighted by Gasteiger charge is 2.29. The summed E-state index contributed by atoms with van der Waals surface area (Å²) in [5, 5.41) is 3.72. The molecule has 0 bridgehead atoms. The van der Waals surface area contributed by atoms with E-state index in [0.29, 0.717) is 11.5 Å². The molecule has 0 spiro atoms. The van der Waals surface area contributed by atoms with E-state index in [4.69, 9.17) is 14.2 Å². The van der Waals surface area contributed by atoms with Gasteiger partial charge >= 0.3 is 0 Å². The van der Waals surface area contributed by atoms with Crippen LogP contribution in [0, 0.1) is 5.92 Å². The first-order chi connectivity index (χ1) is 10.5. The van der Waals surface area contributed by atoms with Crippen LogP contribution in [-0.4, -0.2) is 26.9 Å². The molecule has 0 radical (unpaired) electrons. The molecule has 1 aliphatic carbocycles. The molecule has 0 unspecified atom stereocenters. The second kappa shape index (κ2) is 7.23. The van der Waals surface area contributed by atoms with Crippen molar-refractivity contribution in [2.24, 2.45) is 5.92 Å². The Kier molecular flexibility index (Phi) is 5.57. The maximum Gasteiger partial charge on any atom is 0.203 e. The molecule has 0 heterocycles. The average Bonchev–Trinajstić information content (AvgIpc) is 2.54. The van der Waals surface area contributed by atoms with Gasteiger partial charge in [0.15, 0.2) is 11.5 Å². The van der Waals surface area contributed by atoms with Crippen molar-refractivity contribution in [3.8, 4) is 17.2 Å². The van der Waals surface area contributed by atoms with Gasteiger partial charge in [0.05, 0.1) is 21.3 Å². The summed E-state index contributed by atoms with van der Waals surface area (Å²) in [4.78, 5) is 0. The van der Waals surface area contributed by atoms with Gasteiger partial charge in [-0.3, -0.25) is 0 Å². The Morgan fingerprint density at radius 2 is 1.68 bits per heavy atom. The second-order valence-corrected chi connectivity index (χ2v) is 6.59. The van der Waals surface area contributed by atoms with E-state index in [-0.39, 0.29) is 5.54 Å². The van der Waals surface area contributed by atoms with Crippen molar-refractivity contribution in [2.75, 3.05) is 21.3 Å². The van der Waals surface area contributed by atoms with Gasteiger partial charge in [0.2, 0.25) is 5.75 Å². The molecule has 1 fully saturated rings. The molecular formula is C18H29NO3. The highest BCUT2D eigenvalue weighted by molar-refractivity contribution is 5.55. The van der Waals surface area contributed by atoms with Crippen molar-refractivity contribution in [2.45, 2.75) is 51.6 Å². The highest BCUT2D eigenvalue weighted by Crippen LogP contribution is 2.40. The van der Waals surface area contributed by atoms with Crippen molar-refractivity contribution in [1.82, 2.24) is 5.32 Å². The van der Waals surface area contributed by atoms with E-state index in [9.17, 15) is 0 Å². The van der Waals surface area contributed by atoms with E-state index in [2.05, 4.69) is 19.2 Å². The van der Waals surface area contributed by atoms with Crippen LogP contribution >= 0.6 is 0 Å². The minimum Gasteiger partial charge on any atom is -0.493 e. The third-order valence-electron chi connectivity index (χ3n) is 4.87. The Morgan fingerprint density at radius 3 is 2.23 bits per heavy atom. The van der Waals surface area contributed by atoms with E-state index in [1.807, 2.05) is 12.1 Å². The molecule has 1 saturated carbocycles. The highest BCUT2D eigenvalue weighted by atomic mass is 16.5. The van der Waals surface area contributed by atoms with Crippen LogP contribution in [0.3, 0.4) is 0 Å². The molecule has 0 amide bonds. The minimum atomic E-state index is 0.213. The molecule has 1 aliphatic rings. The molecule has 0 saturated heterocycles. The fraction of sp³-hybridized carbons (Fsp3) is 0.667. The minimum absolute atomic E-state index is 0.213. The molecule has 0 aliphatic heterocycles. The molecule has 1 aromatic rings. The third kappa shape index (κ3) is 3.67. The lowest BCUT2D eigenvalue weighted by atomic mass is 9.78. The van der Waals surface area contributed by atoms with Gasteiger partial charge in [-0.05, 0) is 44.6 Å². The smallest absolute Gasteiger partial charge is 0.203 e. The molecule has 1 aromatic carbocycles. The quantitative estimate of drug-likeness (QED) is 0.868. The van der Waals surface area contributed by atoms with Crippen LogP contribution < -0.4 is 19.5 Å². The van der Waals surface area contributed by atoms with Gasteiger partial charge in [0.25, 0.3) is 0 Å². The summed E-state index contributed by atoms with van der Waals surface area (Å²) in [5.74, 6) is 2.96. The van der Waals surface area contributed by atoms with Crippen LogP contribution in [0.15, 0.2) is 12.1 Å². The number of benzene rings is 1. The Balaban J connectivity index is 2.12. The van der Waals surface area contributed by atoms with Gasteiger partial charge in [0, 0.05) is 17.6 Å². The normalized spacial score (nSPS) is 24.9. The zero-order valence-electron chi connectivity index (χ0n) is 14.5. The lowest BCUT2D eigenvalue weighted by Gasteiger charge is -2.37. The van der Waals surface area contributed by atoms with Crippen LogP contribution in [0.4, 0.5) is 0 Å². The van der Waals surface area contributed by atoms with Gasteiger partial charge in [-0.15, -0.1) is 0 Å². The number of nitrogens with one attached hydrogen (secondary N) is 1. The maximum absolute atomic E-state index is 5.55. The molecule has 1 N–H and O–H groups in total. The van der Waals surface area contributed by atoms with Gasteiger partial charge in [-0.2, -0.15) is 0 Å². The van der Waals surface area contributed by atoms with Crippen LogP contribution in [0.1, 0.15) is 45.1 Å². The number of methoxy groups -OCH3 is 3. The summed E-state index contributed by atoms with van der Waals surface area (Å²) < 4.78 is 16.3. The lowest BCUT2D eigenvalue weighted by Crippen LogP contribution is -2.44. The maximum atomic E-state index is 5.55. The Morgan fingerprint density at radius 1 is 1.05 bits per heavy atom. The van der Waals surface area contributed by atoms with E-state index in [0.717, 1.165) is 23.8 Å². The third-order valence-corrected chi connectivity index (χ3v) is 4.87. The summed E-state index contributed by atoms with van der Waals surface area (Å²) in [5.41, 5.74) is 1.31. The van der Waals surface area contributed by atoms with Gasteiger partial charge in [-0.25, -0.2) is 0 Å². The molecular weight excluding hydrogens is 278 g/mol. The number of ether oxygens (including phenoxy) is 3. The topological polar surface area (TPSA) is 39.7 Å². The molecule has 4 nitrogen and oxygen atoms in total. The molecule has 2 rings (SSSR count). The predicted octanol–water partition coefficient (Wildman–Crippen LogP) is 3.77. The number of rotatable bonds is 6. The molecule has 4 heteroatoms. The number of hydrogen-bond donors (Lipinski definition) is 1. The van der Waals surface area contributed by atoms with Crippen molar-refractivity contribution < 1.29 is 14.2 Å². The zero-order valence-corrected chi connectivity index (χ0v) is 14.5. The van der Waals surface area contributed by atoms with E-state index in [1.54, 1.807) is 21.3 Å². The first kappa shape index (κ1) is 16.9. The zero-order chi connectivity index (χ0) is 16.2. The number of hydrogen-bond acceptors (Lipinski definition) is 4. The van der Waals surface area contributed by atoms with Gasteiger partial charge < -0.3 is 19.5 Å². The second-order valence-electron chi connectivity index (χ2n) is 6.59. The average molecular weight is 307 g/mol. The van der Waals surface area contributed by atoms with Crippen molar-refractivity contribution in [1.29, 1.82) is 0 Å². The predicted molar refractivity (Wildman–Crippen MR) is 89.0 cm³/mol. The fourth-order valence-electron chi connectivity index (χ4n) is 3.19. The van der Waals surface area contributed by atoms with Crippen LogP contribution in [0.5, 0.6) is 17.2 Å². The van der Waals surface area contributed by atoms with E-state index in [1.165, 1.54) is 25.7 Å². The Bertz CT molecular complexity index is 493. The fourth-order valence-corrected chi connectivity index (χ4v) is 3.19.